The summed E-state index contributed by atoms with van der Waals surface area (Å²) in [5.74, 6) is 0. The molecular formula is C17H14ClN3O4S. The number of non-ortho nitro benzene ring substituents is 1. The van der Waals surface area contributed by atoms with Crippen molar-refractivity contribution in [1.82, 2.24) is 9.55 Å². The first-order valence-electron chi connectivity index (χ1n) is 7.61. The van der Waals surface area contributed by atoms with Gasteiger partial charge in [-0.25, -0.2) is 4.98 Å². The Morgan fingerprint density at radius 1 is 1.31 bits per heavy atom. The number of halogens is 1. The van der Waals surface area contributed by atoms with Gasteiger partial charge in [0.25, 0.3) is 11.2 Å². The zero-order valence-corrected chi connectivity index (χ0v) is 15.3. The Kier molecular flexibility index (Phi) is 5.55. The van der Waals surface area contributed by atoms with Gasteiger partial charge in [-0.3, -0.25) is 19.5 Å². The lowest BCUT2D eigenvalue weighted by atomic mass is 10.2. The molecule has 7 nitrogen and oxygen atoms in total. The van der Waals surface area contributed by atoms with Crippen LogP contribution >= 0.6 is 23.4 Å². The summed E-state index contributed by atoms with van der Waals surface area (Å²) >= 11 is 7.36. The predicted molar refractivity (Wildman–Crippen MR) is 100 cm³/mol. The van der Waals surface area contributed by atoms with E-state index in [2.05, 4.69) is 4.98 Å². The van der Waals surface area contributed by atoms with Crippen molar-refractivity contribution in [1.29, 1.82) is 0 Å². The Morgan fingerprint density at radius 2 is 2.08 bits per heavy atom. The summed E-state index contributed by atoms with van der Waals surface area (Å²) < 4.78 is 6.61. The second-order valence-electron chi connectivity index (χ2n) is 5.34. The third kappa shape index (κ3) is 3.72. The maximum absolute atomic E-state index is 12.8. The van der Waals surface area contributed by atoms with Crippen LogP contribution in [0.3, 0.4) is 0 Å². The molecule has 1 aromatic heterocycles. The number of fused-ring (bicyclic) bond motifs is 1. The summed E-state index contributed by atoms with van der Waals surface area (Å²) in [6.07, 6.45) is 0. The molecule has 2 aromatic carbocycles. The molecule has 0 atom stereocenters. The molecular weight excluding hydrogens is 378 g/mol. The van der Waals surface area contributed by atoms with Crippen LogP contribution in [0, 0.1) is 10.1 Å². The van der Waals surface area contributed by atoms with Crippen molar-refractivity contribution in [3.63, 3.8) is 0 Å². The molecule has 0 aliphatic rings. The quantitative estimate of drug-likeness (QED) is 0.361. The minimum Gasteiger partial charge on any atom is -0.383 e. The monoisotopic (exact) mass is 391 g/mol. The number of methoxy groups -OCH3 is 1. The minimum atomic E-state index is -0.511. The molecule has 0 bridgehead atoms. The number of rotatable bonds is 6. The van der Waals surface area contributed by atoms with E-state index in [1.165, 1.54) is 28.5 Å². The lowest BCUT2D eigenvalue weighted by Crippen LogP contribution is -2.25. The highest BCUT2D eigenvalue weighted by Crippen LogP contribution is 2.34. The van der Waals surface area contributed by atoms with E-state index in [9.17, 15) is 14.9 Å². The fourth-order valence-corrected chi connectivity index (χ4v) is 3.60. The van der Waals surface area contributed by atoms with Crippen molar-refractivity contribution in [3.8, 4) is 0 Å². The van der Waals surface area contributed by atoms with E-state index in [4.69, 9.17) is 16.3 Å². The second kappa shape index (κ2) is 7.86. The van der Waals surface area contributed by atoms with Gasteiger partial charge in [0, 0.05) is 24.1 Å². The molecule has 3 aromatic rings. The summed E-state index contributed by atoms with van der Waals surface area (Å²) in [4.78, 5) is 28.3. The van der Waals surface area contributed by atoms with Gasteiger partial charge in [0.15, 0.2) is 5.16 Å². The lowest BCUT2D eigenvalue weighted by Gasteiger charge is -2.13. The van der Waals surface area contributed by atoms with E-state index < -0.39 is 4.92 Å². The van der Waals surface area contributed by atoms with Crippen LogP contribution in [0.5, 0.6) is 0 Å². The molecule has 3 rings (SSSR count). The van der Waals surface area contributed by atoms with Crippen LogP contribution in [-0.2, 0) is 11.3 Å². The van der Waals surface area contributed by atoms with Gasteiger partial charge in [-0.1, -0.05) is 23.7 Å². The molecule has 134 valence electrons. The highest BCUT2D eigenvalue weighted by molar-refractivity contribution is 7.99. The van der Waals surface area contributed by atoms with E-state index in [-0.39, 0.29) is 16.3 Å². The normalized spacial score (nSPS) is 11.0. The van der Waals surface area contributed by atoms with Gasteiger partial charge in [0.05, 0.1) is 34.0 Å². The van der Waals surface area contributed by atoms with Gasteiger partial charge in [0.2, 0.25) is 0 Å². The van der Waals surface area contributed by atoms with Crippen molar-refractivity contribution in [2.45, 2.75) is 16.6 Å². The first-order chi connectivity index (χ1) is 12.5. The molecule has 26 heavy (non-hydrogen) atoms. The fraction of sp³-hybridized carbons (Fsp3) is 0.176. The summed E-state index contributed by atoms with van der Waals surface area (Å²) in [5.41, 5.74) is 0.308. The number of hydrogen-bond donors (Lipinski definition) is 0. The third-order valence-electron chi connectivity index (χ3n) is 3.67. The Morgan fingerprint density at radius 3 is 2.77 bits per heavy atom. The van der Waals surface area contributed by atoms with Crippen LogP contribution in [0.4, 0.5) is 5.69 Å². The number of ether oxygens (including phenoxy) is 1. The van der Waals surface area contributed by atoms with Gasteiger partial charge in [0.1, 0.15) is 0 Å². The zero-order valence-electron chi connectivity index (χ0n) is 13.7. The minimum absolute atomic E-state index is 0.0948. The molecule has 0 unspecified atom stereocenters. The highest BCUT2D eigenvalue weighted by Gasteiger charge is 2.15. The number of para-hydroxylation sites is 1. The molecule has 1 heterocycles. The van der Waals surface area contributed by atoms with Crippen molar-refractivity contribution >= 4 is 40.0 Å². The number of hydrogen-bond acceptors (Lipinski definition) is 6. The van der Waals surface area contributed by atoms with E-state index >= 15 is 0 Å². The first-order valence-corrected chi connectivity index (χ1v) is 8.81. The van der Waals surface area contributed by atoms with Gasteiger partial charge in [-0.15, -0.1) is 0 Å². The maximum Gasteiger partial charge on any atom is 0.270 e. The highest BCUT2D eigenvalue weighted by atomic mass is 35.5. The molecule has 0 fully saturated rings. The average molecular weight is 392 g/mol. The van der Waals surface area contributed by atoms with E-state index in [0.717, 1.165) is 0 Å². The van der Waals surface area contributed by atoms with Crippen LogP contribution < -0.4 is 5.56 Å². The predicted octanol–water partition coefficient (Wildman–Crippen LogP) is 3.76. The van der Waals surface area contributed by atoms with Crippen LogP contribution in [-0.4, -0.2) is 28.2 Å². The van der Waals surface area contributed by atoms with E-state index in [1.807, 2.05) is 6.07 Å². The van der Waals surface area contributed by atoms with E-state index in [0.29, 0.717) is 34.1 Å². The summed E-state index contributed by atoms with van der Waals surface area (Å²) in [6.45, 7) is 0.682. The number of aromatic nitrogens is 2. The average Bonchev–Trinajstić information content (AvgIpc) is 2.63. The van der Waals surface area contributed by atoms with Crippen molar-refractivity contribution in [3.05, 3.63) is 68.0 Å². The molecule has 0 aliphatic heterocycles. The Balaban J connectivity index is 2.08. The molecule has 0 aliphatic carbocycles. The largest absolute Gasteiger partial charge is 0.383 e. The first kappa shape index (κ1) is 18.4. The summed E-state index contributed by atoms with van der Waals surface area (Å²) in [5, 5.41) is 12.0. The topological polar surface area (TPSA) is 87.3 Å². The molecule has 0 amide bonds. The van der Waals surface area contributed by atoms with Crippen LogP contribution in [0.25, 0.3) is 10.9 Å². The van der Waals surface area contributed by atoms with Crippen molar-refractivity contribution in [2.75, 3.05) is 13.7 Å². The number of benzene rings is 2. The van der Waals surface area contributed by atoms with Gasteiger partial charge < -0.3 is 4.74 Å². The Hall–Kier alpha value is -2.42. The fourth-order valence-electron chi connectivity index (χ4n) is 2.39. The Labute approximate surface area is 157 Å². The standard InChI is InChI=1S/C17H14ClN3O4S/c1-25-9-8-20-16(22)12-4-2-3-5-14(12)19-17(20)26-15-7-6-11(21(23)24)10-13(15)18/h2-7,10H,8-9H2,1H3. The number of nitro groups is 1. The van der Waals surface area contributed by atoms with Crippen LogP contribution in [0.2, 0.25) is 5.02 Å². The molecule has 0 spiro atoms. The summed E-state index contributed by atoms with van der Waals surface area (Å²) in [7, 11) is 1.56. The number of nitrogens with zero attached hydrogens (tertiary/aromatic N) is 3. The van der Waals surface area contributed by atoms with Gasteiger partial charge in [-0.05, 0) is 30.0 Å². The lowest BCUT2D eigenvalue weighted by molar-refractivity contribution is -0.384. The SMILES string of the molecule is COCCn1c(Sc2ccc([N+](=O)[O-])cc2Cl)nc2ccccc2c1=O. The molecule has 0 saturated carbocycles. The van der Waals surface area contributed by atoms with Crippen LogP contribution in [0.15, 0.2) is 57.3 Å². The van der Waals surface area contributed by atoms with Crippen LogP contribution in [0.1, 0.15) is 0 Å². The van der Waals surface area contributed by atoms with E-state index in [1.54, 1.807) is 31.4 Å². The Bertz CT molecular complexity index is 1040. The molecule has 0 N–H and O–H groups in total. The third-order valence-corrected chi connectivity index (χ3v) is 5.17. The second-order valence-corrected chi connectivity index (χ2v) is 6.75. The van der Waals surface area contributed by atoms with Gasteiger partial charge in [-0.2, -0.15) is 0 Å². The molecule has 0 saturated heterocycles. The van der Waals surface area contributed by atoms with Crippen molar-refractivity contribution in [2.24, 2.45) is 0 Å². The molecule has 0 radical (unpaired) electrons. The smallest absolute Gasteiger partial charge is 0.270 e. The summed E-state index contributed by atoms with van der Waals surface area (Å²) in [6, 6.07) is 11.3. The zero-order chi connectivity index (χ0) is 18.7. The molecule has 9 heteroatoms. The van der Waals surface area contributed by atoms with Gasteiger partial charge >= 0.3 is 0 Å². The number of nitro benzene ring substituents is 1. The maximum atomic E-state index is 12.8. The van der Waals surface area contributed by atoms with Crippen molar-refractivity contribution < 1.29 is 9.66 Å².